The third kappa shape index (κ3) is 4.51. The van der Waals surface area contributed by atoms with Crippen LogP contribution < -0.4 is 11.3 Å². The maximum atomic E-state index is 5.67. The van der Waals surface area contributed by atoms with Crippen molar-refractivity contribution >= 4 is 22.9 Å². The lowest BCUT2D eigenvalue weighted by Crippen LogP contribution is -2.36. The zero-order valence-corrected chi connectivity index (χ0v) is 10.7. The number of nitrogens with one attached hydrogen (secondary N) is 1. The van der Waals surface area contributed by atoms with Gasteiger partial charge in [0.15, 0.2) is 0 Å². The van der Waals surface area contributed by atoms with Crippen LogP contribution in [0, 0.1) is 0 Å². The van der Waals surface area contributed by atoms with E-state index in [-0.39, 0.29) is 0 Å². The minimum absolute atomic E-state index is 0.354. The Hall–Kier alpha value is -0.0900. The van der Waals surface area contributed by atoms with E-state index in [0.29, 0.717) is 11.9 Å². The normalized spacial score (nSPS) is 13.0. The average molecular weight is 247 g/mol. The van der Waals surface area contributed by atoms with E-state index in [1.807, 2.05) is 11.3 Å². The summed E-state index contributed by atoms with van der Waals surface area (Å²) in [5.74, 6) is 6.22. The summed E-state index contributed by atoms with van der Waals surface area (Å²) in [6.45, 7) is 2.18. The van der Waals surface area contributed by atoms with Crippen molar-refractivity contribution in [3.05, 3.63) is 21.9 Å². The summed E-state index contributed by atoms with van der Waals surface area (Å²) in [4.78, 5) is 2.85. The Morgan fingerprint density at radius 2 is 2.20 bits per heavy atom. The maximum Gasteiger partial charge on any atom is 0.0259 e. The van der Waals surface area contributed by atoms with Gasteiger partial charge in [-0.1, -0.05) is 6.92 Å². The molecule has 1 aromatic rings. The Kier molecular flexibility index (Phi) is 6.25. The van der Waals surface area contributed by atoms with Gasteiger partial charge in [0.25, 0.3) is 0 Å². The fourth-order valence-electron chi connectivity index (χ4n) is 1.53. The second-order valence-corrected chi connectivity index (χ2v) is 5.25. The van der Waals surface area contributed by atoms with E-state index in [0.717, 1.165) is 25.7 Å². The molecule has 1 heterocycles. The topological polar surface area (TPSA) is 38.0 Å². The van der Waals surface area contributed by atoms with Gasteiger partial charge in [0.2, 0.25) is 0 Å². The second kappa shape index (κ2) is 7.23. The molecule has 2 nitrogen and oxygen atoms in total. The molecule has 1 rings (SSSR count). The van der Waals surface area contributed by atoms with E-state index in [4.69, 9.17) is 17.4 Å². The van der Waals surface area contributed by atoms with Crippen LogP contribution in [-0.2, 0) is 12.8 Å². The van der Waals surface area contributed by atoms with E-state index in [9.17, 15) is 0 Å². The number of aryl methyl sites for hydroxylation is 1. The molecule has 0 bridgehead atoms. The minimum atomic E-state index is 0.354. The van der Waals surface area contributed by atoms with Crippen LogP contribution in [0.2, 0.25) is 0 Å². The predicted molar refractivity (Wildman–Crippen MR) is 68.5 cm³/mol. The largest absolute Gasteiger partial charge is 0.271 e. The zero-order valence-electron chi connectivity index (χ0n) is 9.13. The van der Waals surface area contributed by atoms with Crippen LogP contribution >= 0.6 is 22.9 Å². The summed E-state index contributed by atoms with van der Waals surface area (Å²) < 4.78 is 0. The SMILES string of the molecule is CCc1ccc(CC(CCCCl)NN)s1. The zero-order chi connectivity index (χ0) is 11.1. The highest BCUT2D eigenvalue weighted by molar-refractivity contribution is 7.11. The summed E-state index contributed by atoms with van der Waals surface area (Å²) in [6, 6.07) is 4.76. The fraction of sp³-hybridized carbons (Fsp3) is 0.636. The Morgan fingerprint density at radius 1 is 1.47 bits per heavy atom. The molecule has 15 heavy (non-hydrogen) atoms. The van der Waals surface area contributed by atoms with Crippen molar-refractivity contribution in [3.63, 3.8) is 0 Å². The van der Waals surface area contributed by atoms with Crippen LogP contribution in [0.4, 0.5) is 0 Å². The van der Waals surface area contributed by atoms with Gasteiger partial charge in [0, 0.05) is 21.7 Å². The Labute approximate surface area is 101 Å². The molecule has 86 valence electrons. The third-order valence-electron chi connectivity index (χ3n) is 2.44. The number of halogens is 1. The quantitative estimate of drug-likeness (QED) is 0.441. The van der Waals surface area contributed by atoms with Crippen molar-refractivity contribution in [1.29, 1.82) is 0 Å². The molecule has 0 amide bonds. The van der Waals surface area contributed by atoms with Gasteiger partial charge >= 0.3 is 0 Å². The molecule has 0 aliphatic heterocycles. The van der Waals surface area contributed by atoms with Crippen LogP contribution in [0.3, 0.4) is 0 Å². The summed E-state index contributed by atoms with van der Waals surface area (Å²) in [6.07, 6.45) is 4.19. The van der Waals surface area contributed by atoms with Crippen LogP contribution in [0.5, 0.6) is 0 Å². The summed E-state index contributed by atoms with van der Waals surface area (Å²) in [5.41, 5.74) is 2.86. The Morgan fingerprint density at radius 3 is 2.73 bits per heavy atom. The lowest BCUT2D eigenvalue weighted by Gasteiger charge is -2.13. The molecule has 1 unspecified atom stereocenters. The van der Waals surface area contributed by atoms with E-state index in [2.05, 4.69) is 24.5 Å². The molecule has 1 atom stereocenters. The minimum Gasteiger partial charge on any atom is -0.271 e. The monoisotopic (exact) mass is 246 g/mol. The number of hydrogen-bond donors (Lipinski definition) is 2. The molecule has 0 saturated heterocycles. The van der Waals surface area contributed by atoms with Gasteiger partial charge < -0.3 is 0 Å². The fourth-order valence-corrected chi connectivity index (χ4v) is 2.72. The molecular formula is C11H19ClN2S. The van der Waals surface area contributed by atoms with E-state index >= 15 is 0 Å². The van der Waals surface area contributed by atoms with Crippen LogP contribution in [0.25, 0.3) is 0 Å². The number of nitrogens with two attached hydrogens (primary N) is 1. The van der Waals surface area contributed by atoms with Gasteiger partial charge in [0.05, 0.1) is 0 Å². The number of hydrogen-bond acceptors (Lipinski definition) is 3. The molecule has 0 saturated carbocycles. The molecule has 0 aliphatic carbocycles. The molecule has 0 spiro atoms. The van der Waals surface area contributed by atoms with Gasteiger partial charge in [-0.15, -0.1) is 22.9 Å². The Balaban J connectivity index is 2.43. The van der Waals surface area contributed by atoms with Crippen molar-refractivity contribution in [3.8, 4) is 0 Å². The van der Waals surface area contributed by atoms with Gasteiger partial charge in [-0.05, 0) is 37.8 Å². The Bertz CT molecular complexity index is 275. The van der Waals surface area contributed by atoms with Crippen molar-refractivity contribution in [1.82, 2.24) is 5.43 Å². The summed E-state index contributed by atoms with van der Waals surface area (Å²) >= 11 is 7.55. The number of thiophene rings is 1. The average Bonchev–Trinajstić information content (AvgIpc) is 2.71. The van der Waals surface area contributed by atoms with Gasteiger partial charge in [0.1, 0.15) is 0 Å². The molecule has 0 aliphatic rings. The molecule has 0 radical (unpaired) electrons. The first-order valence-corrected chi connectivity index (χ1v) is 6.75. The lowest BCUT2D eigenvalue weighted by molar-refractivity contribution is 0.490. The first-order valence-electron chi connectivity index (χ1n) is 5.39. The molecule has 1 aromatic heterocycles. The van der Waals surface area contributed by atoms with Crippen LogP contribution in [-0.4, -0.2) is 11.9 Å². The van der Waals surface area contributed by atoms with Crippen molar-refractivity contribution < 1.29 is 0 Å². The van der Waals surface area contributed by atoms with Crippen molar-refractivity contribution in [2.45, 2.75) is 38.6 Å². The molecule has 4 heteroatoms. The van der Waals surface area contributed by atoms with Crippen molar-refractivity contribution in [2.24, 2.45) is 5.84 Å². The van der Waals surface area contributed by atoms with Crippen molar-refractivity contribution in [2.75, 3.05) is 5.88 Å². The van der Waals surface area contributed by atoms with Gasteiger partial charge in [-0.25, -0.2) is 0 Å². The smallest absolute Gasteiger partial charge is 0.0259 e. The maximum absolute atomic E-state index is 5.67. The standard InChI is InChI=1S/C11H19ClN2S/c1-2-10-5-6-11(15-10)8-9(14-13)4-3-7-12/h5-6,9,14H,2-4,7-8,13H2,1H3. The number of alkyl halides is 1. The number of hydrazine groups is 1. The van der Waals surface area contributed by atoms with Gasteiger partial charge in [-0.2, -0.15) is 0 Å². The summed E-state index contributed by atoms with van der Waals surface area (Å²) in [7, 11) is 0. The van der Waals surface area contributed by atoms with E-state index < -0.39 is 0 Å². The predicted octanol–water partition coefficient (Wildman–Crippen LogP) is 2.70. The molecular weight excluding hydrogens is 228 g/mol. The third-order valence-corrected chi connectivity index (χ3v) is 3.95. The van der Waals surface area contributed by atoms with Crippen LogP contribution in [0.15, 0.2) is 12.1 Å². The highest BCUT2D eigenvalue weighted by Gasteiger charge is 2.08. The van der Waals surface area contributed by atoms with E-state index in [1.165, 1.54) is 9.75 Å². The highest BCUT2D eigenvalue weighted by Crippen LogP contribution is 2.19. The second-order valence-electron chi connectivity index (χ2n) is 3.62. The molecule has 3 N–H and O–H groups in total. The first kappa shape index (κ1) is 13.0. The lowest BCUT2D eigenvalue weighted by atomic mass is 10.1. The summed E-state index contributed by atoms with van der Waals surface area (Å²) in [5, 5.41) is 0. The van der Waals surface area contributed by atoms with Gasteiger partial charge in [-0.3, -0.25) is 11.3 Å². The highest BCUT2D eigenvalue weighted by atomic mass is 35.5. The number of rotatable bonds is 7. The first-order chi connectivity index (χ1) is 7.30. The molecule has 0 fully saturated rings. The van der Waals surface area contributed by atoms with E-state index in [1.54, 1.807) is 0 Å². The van der Waals surface area contributed by atoms with Crippen LogP contribution in [0.1, 0.15) is 29.5 Å². The molecule has 0 aromatic carbocycles.